The fourth-order valence-electron chi connectivity index (χ4n) is 3.14. The summed E-state index contributed by atoms with van der Waals surface area (Å²) >= 11 is 0. The smallest absolute Gasteiger partial charge is 0.255 e. The molecule has 27 heavy (non-hydrogen) atoms. The van der Waals surface area contributed by atoms with Crippen molar-refractivity contribution in [2.45, 2.75) is 26.4 Å². The maximum absolute atomic E-state index is 12.7. The van der Waals surface area contributed by atoms with Crippen molar-refractivity contribution in [2.75, 3.05) is 5.32 Å². The summed E-state index contributed by atoms with van der Waals surface area (Å²) < 4.78 is 3.93. The molecule has 4 rings (SSSR count). The highest BCUT2D eigenvalue weighted by atomic mass is 16.1. The molecular formula is C21H21N5O. The Kier molecular flexibility index (Phi) is 4.46. The average molecular weight is 359 g/mol. The Morgan fingerprint density at radius 1 is 1.11 bits per heavy atom. The second-order valence-electron chi connectivity index (χ2n) is 6.83. The van der Waals surface area contributed by atoms with E-state index in [9.17, 15) is 4.79 Å². The largest absolute Gasteiger partial charge is 0.345 e. The van der Waals surface area contributed by atoms with E-state index in [1.807, 2.05) is 42.5 Å². The third kappa shape index (κ3) is 3.60. The van der Waals surface area contributed by atoms with Crippen LogP contribution in [0.15, 0.2) is 67.4 Å². The number of hydrogen-bond acceptors (Lipinski definition) is 3. The number of anilines is 1. The second kappa shape index (κ2) is 7.07. The molecule has 1 amide bonds. The van der Waals surface area contributed by atoms with Crippen LogP contribution in [0.2, 0.25) is 0 Å². The lowest BCUT2D eigenvalue weighted by molar-refractivity contribution is 0.102. The zero-order valence-corrected chi connectivity index (χ0v) is 15.3. The van der Waals surface area contributed by atoms with Crippen molar-refractivity contribution in [2.24, 2.45) is 0 Å². The minimum absolute atomic E-state index is 0.113. The summed E-state index contributed by atoms with van der Waals surface area (Å²) in [7, 11) is 0. The SMILES string of the molecule is CC(C)n1ccc2ccc(C(=O)Nc3ccc(Cn4cncn4)cc3)cc21. The molecule has 0 atom stereocenters. The van der Waals surface area contributed by atoms with E-state index in [1.54, 1.807) is 11.0 Å². The van der Waals surface area contributed by atoms with Gasteiger partial charge >= 0.3 is 0 Å². The Morgan fingerprint density at radius 2 is 1.93 bits per heavy atom. The van der Waals surface area contributed by atoms with Gasteiger partial charge in [0.25, 0.3) is 5.91 Å². The fourth-order valence-corrected chi connectivity index (χ4v) is 3.14. The minimum atomic E-state index is -0.113. The number of rotatable bonds is 5. The number of fused-ring (bicyclic) bond motifs is 1. The summed E-state index contributed by atoms with van der Waals surface area (Å²) in [5.74, 6) is -0.113. The molecule has 0 unspecified atom stereocenters. The van der Waals surface area contributed by atoms with E-state index in [1.165, 1.54) is 6.33 Å². The van der Waals surface area contributed by atoms with Crippen LogP contribution < -0.4 is 5.32 Å². The Balaban J connectivity index is 1.50. The van der Waals surface area contributed by atoms with Gasteiger partial charge in [0.2, 0.25) is 0 Å². The highest BCUT2D eigenvalue weighted by Crippen LogP contribution is 2.22. The Morgan fingerprint density at radius 3 is 2.63 bits per heavy atom. The summed E-state index contributed by atoms with van der Waals surface area (Å²) in [4.78, 5) is 16.6. The molecule has 1 N–H and O–H groups in total. The number of carbonyl (C=O) groups excluding carboxylic acids is 1. The van der Waals surface area contributed by atoms with Crippen molar-refractivity contribution in [3.05, 3.63) is 78.5 Å². The zero-order chi connectivity index (χ0) is 18.8. The number of nitrogens with zero attached hydrogens (tertiary/aromatic N) is 4. The van der Waals surface area contributed by atoms with E-state index < -0.39 is 0 Å². The monoisotopic (exact) mass is 359 g/mol. The van der Waals surface area contributed by atoms with Crippen LogP contribution >= 0.6 is 0 Å². The topological polar surface area (TPSA) is 64.7 Å². The van der Waals surface area contributed by atoms with Crippen molar-refractivity contribution in [1.29, 1.82) is 0 Å². The van der Waals surface area contributed by atoms with Crippen LogP contribution in [0.3, 0.4) is 0 Å². The van der Waals surface area contributed by atoms with E-state index >= 15 is 0 Å². The molecule has 0 aliphatic rings. The van der Waals surface area contributed by atoms with Crippen molar-refractivity contribution >= 4 is 22.5 Å². The summed E-state index contributed by atoms with van der Waals surface area (Å²) in [5, 5.41) is 8.20. The molecular weight excluding hydrogens is 338 g/mol. The average Bonchev–Trinajstić information content (AvgIpc) is 3.32. The molecule has 4 aromatic rings. The quantitative estimate of drug-likeness (QED) is 0.583. The number of nitrogens with one attached hydrogen (secondary N) is 1. The van der Waals surface area contributed by atoms with Gasteiger partial charge in [-0.3, -0.25) is 4.79 Å². The predicted molar refractivity (Wildman–Crippen MR) is 106 cm³/mol. The van der Waals surface area contributed by atoms with Crippen LogP contribution in [0.4, 0.5) is 5.69 Å². The number of hydrogen-bond donors (Lipinski definition) is 1. The Labute approximate surface area is 157 Å². The predicted octanol–water partition coefficient (Wildman–Crippen LogP) is 4.11. The first-order valence-corrected chi connectivity index (χ1v) is 8.93. The molecule has 2 aromatic carbocycles. The standard InChI is InChI=1S/C21H21N5O/c1-15(2)26-10-9-17-5-6-18(11-20(17)26)21(27)24-19-7-3-16(4-8-19)12-25-14-22-13-23-25/h3-11,13-15H,12H2,1-2H3,(H,24,27). The summed E-state index contributed by atoms with van der Waals surface area (Å²) in [6.07, 6.45) is 5.25. The second-order valence-corrected chi connectivity index (χ2v) is 6.83. The van der Waals surface area contributed by atoms with Gasteiger partial charge in [0.15, 0.2) is 0 Å². The molecule has 0 aliphatic carbocycles. The fraction of sp³-hybridized carbons (Fsp3) is 0.190. The van der Waals surface area contributed by atoms with Crippen molar-refractivity contribution < 1.29 is 4.79 Å². The number of benzene rings is 2. The zero-order valence-electron chi connectivity index (χ0n) is 15.3. The first kappa shape index (κ1) is 17.0. The van der Waals surface area contributed by atoms with E-state index in [0.717, 1.165) is 22.2 Å². The van der Waals surface area contributed by atoms with Crippen molar-refractivity contribution in [3.63, 3.8) is 0 Å². The van der Waals surface area contributed by atoms with Gasteiger partial charge < -0.3 is 9.88 Å². The third-order valence-electron chi connectivity index (χ3n) is 4.56. The Bertz CT molecular complexity index is 1060. The van der Waals surface area contributed by atoms with E-state index in [-0.39, 0.29) is 5.91 Å². The molecule has 2 aromatic heterocycles. The van der Waals surface area contributed by atoms with E-state index in [4.69, 9.17) is 0 Å². The number of carbonyl (C=O) groups is 1. The molecule has 0 saturated heterocycles. The van der Waals surface area contributed by atoms with E-state index in [0.29, 0.717) is 18.2 Å². The normalized spacial score (nSPS) is 11.2. The van der Waals surface area contributed by atoms with Gasteiger partial charge in [-0.15, -0.1) is 0 Å². The minimum Gasteiger partial charge on any atom is -0.345 e. The van der Waals surface area contributed by atoms with E-state index in [2.05, 4.69) is 46.1 Å². The molecule has 6 nitrogen and oxygen atoms in total. The first-order valence-electron chi connectivity index (χ1n) is 8.93. The molecule has 0 bridgehead atoms. The third-order valence-corrected chi connectivity index (χ3v) is 4.56. The molecule has 0 aliphatic heterocycles. The van der Waals surface area contributed by atoms with Crippen LogP contribution in [0.1, 0.15) is 35.8 Å². The van der Waals surface area contributed by atoms with Gasteiger partial charge in [-0.2, -0.15) is 5.10 Å². The lowest BCUT2D eigenvalue weighted by Crippen LogP contribution is -2.12. The van der Waals surface area contributed by atoms with Crippen LogP contribution in [0.25, 0.3) is 10.9 Å². The van der Waals surface area contributed by atoms with Crippen LogP contribution in [-0.4, -0.2) is 25.2 Å². The van der Waals surface area contributed by atoms with Gasteiger partial charge in [-0.25, -0.2) is 9.67 Å². The molecule has 0 spiro atoms. The number of aromatic nitrogens is 4. The van der Waals surface area contributed by atoms with Crippen LogP contribution in [0, 0.1) is 0 Å². The summed E-state index contributed by atoms with van der Waals surface area (Å²) in [6, 6.07) is 16.0. The molecule has 0 fully saturated rings. The van der Waals surface area contributed by atoms with Crippen molar-refractivity contribution in [3.8, 4) is 0 Å². The molecule has 6 heteroatoms. The number of amides is 1. The van der Waals surface area contributed by atoms with Crippen LogP contribution in [0.5, 0.6) is 0 Å². The van der Waals surface area contributed by atoms with Gasteiger partial charge in [-0.05, 0) is 55.1 Å². The molecule has 2 heterocycles. The summed E-state index contributed by atoms with van der Waals surface area (Å²) in [5.41, 5.74) is 3.58. The van der Waals surface area contributed by atoms with Gasteiger partial charge in [0, 0.05) is 29.0 Å². The highest BCUT2D eigenvalue weighted by Gasteiger charge is 2.10. The molecule has 0 radical (unpaired) electrons. The maximum atomic E-state index is 12.7. The maximum Gasteiger partial charge on any atom is 0.255 e. The Hall–Kier alpha value is -3.41. The first-order chi connectivity index (χ1) is 13.1. The van der Waals surface area contributed by atoms with Gasteiger partial charge in [-0.1, -0.05) is 18.2 Å². The molecule has 136 valence electrons. The van der Waals surface area contributed by atoms with Crippen molar-refractivity contribution in [1.82, 2.24) is 19.3 Å². The lowest BCUT2D eigenvalue weighted by atomic mass is 10.1. The molecule has 0 saturated carbocycles. The van der Waals surface area contributed by atoms with Gasteiger partial charge in [0.1, 0.15) is 12.7 Å². The van der Waals surface area contributed by atoms with Crippen LogP contribution in [-0.2, 0) is 6.54 Å². The lowest BCUT2D eigenvalue weighted by Gasteiger charge is -2.11. The van der Waals surface area contributed by atoms with Gasteiger partial charge in [0.05, 0.1) is 6.54 Å². The highest BCUT2D eigenvalue weighted by molar-refractivity contribution is 6.06. The summed E-state index contributed by atoms with van der Waals surface area (Å²) in [6.45, 7) is 4.91.